The molecule has 5 nitrogen and oxygen atoms in total. The molecule has 0 bridgehead atoms. The van der Waals surface area contributed by atoms with Gasteiger partial charge in [-0.05, 0) is 29.8 Å². The van der Waals surface area contributed by atoms with E-state index in [2.05, 4.69) is 15.3 Å². The quantitative estimate of drug-likeness (QED) is 0.733. The number of pyridine rings is 1. The molecule has 2 N–H and O–H groups in total. The fraction of sp³-hybridized carbons (Fsp3) is 0.118. The van der Waals surface area contributed by atoms with Crippen LogP contribution < -0.4 is 5.32 Å². The third-order valence-corrected chi connectivity index (χ3v) is 4.27. The van der Waals surface area contributed by atoms with Gasteiger partial charge in [0.2, 0.25) is 0 Å². The lowest BCUT2D eigenvalue weighted by Crippen LogP contribution is -2.28. The van der Waals surface area contributed by atoms with Crippen LogP contribution in [0.5, 0.6) is 0 Å². The Morgan fingerprint density at radius 3 is 2.80 bits per heavy atom. The van der Waals surface area contributed by atoms with E-state index in [-0.39, 0.29) is 17.8 Å². The number of nitrogens with one attached hydrogen (secondary N) is 1. The first-order chi connectivity index (χ1) is 12.0. The molecule has 0 saturated carbocycles. The molecule has 0 saturated heterocycles. The largest absolute Gasteiger partial charge is 0.387 e. The number of amides is 1. The Hall–Kier alpha value is -2.71. The molecule has 3 rings (SSSR count). The van der Waals surface area contributed by atoms with E-state index < -0.39 is 23.6 Å². The molecule has 1 amide bonds. The van der Waals surface area contributed by atoms with Crippen LogP contribution in [0.3, 0.4) is 0 Å². The van der Waals surface area contributed by atoms with Crippen molar-refractivity contribution in [2.75, 3.05) is 6.54 Å². The molecular weight excluding hydrogens is 348 g/mol. The number of nitrogens with zero attached hydrogens (tertiary/aromatic N) is 2. The molecule has 128 valence electrons. The molecule has 0 aliphatic rings. The van der Waals surface area contributed by atoms with Crippen molar-refractivity contribution in [1.29, 1.82) is 0 Å². The molecule has 0 fully saturated rings. The Morgan fingerprint density at radius 2 is 2.08 bits per heavy atom. The maximum Gasteiger partial charge on any atom is 0.270 e. The minimum absolute atomic E-state index is 0.152. The fourth-order valence-electron chi connectivity index (χ4n) is 2.10. The van der Waals surface area contributed by atoms with Crippen molar-refractivity contribution >= 4 is 17.2 Å². The molecule has 1 atom stereocenters. The molecule has 25 heavy (non-hydrogen) atoms. The van der Waals surface area contributed by atoms with Gasteiger partial charge in [-0.3, -0.25) is 9.78 Å². The summed E-state index contributed by atoms with van der Waals surface area (Å²) >= 11 is 1.28. The zero-order chi connectivity index (χ0) is 17.8. The summed E-state index contributed by atoms with van der Waals surface area (Å²) in [5.41, 5.74) is 1.03. The molecule has 1 aromatic carbocycles. The van der Waals surface area contributed by atoms with Crippen molar-refractivity contribution in [3.05, 3.63) is 70.9 Å². The van der Waals surface area contributed by atoms with E-state index in [4.69, 9.17) is 0 Å². The molecule has 2 aromatic heterocycles. The number of rotatable bonds is 5. The molecule has 8 heteroatoms. The van der Waals surface area contributed by atoms with Crippen LogP contribution in [0.25, 0.3) is 10.7 Å². The Balaban J connectivity index is 1.63. The summed E-state index contributed by atoms with van der Waals surface area (Å²) in [5.74, 6) is -2.52. The van der Waals surface area contributed by atoms with E-state index >= 15 is 0 Å². The number of hydrogen-bond acceptors (Lipinski definition) is 5. The van der Waals surface area contributed by atoms with Gasteiger partial charge in [0.25, 0.3) is 5.91 Å². The minimum Gasteiger partial charge on any atom is -0.387 e. The maximum atomic E-state index is 13.2. The summed E-state index contributed by atoms with van der Waals surface area (Å²) in [6, 6.07) is 8.47. The number of carbonyl (C=O) groups is 1. The first-order valence-electron chi connectivity index (χ1n) is 7.32. The summed E-state index contributed by atoms with van der Waals surface area (Å²) in [6.07, 6.45) is 0.474. The topological polar surface area (TPSA) is 75.1 Å². The highest BCUT2D eigenvalue weighted by Crippen LogP contribution is 2.21. The van der Waals surface area contributed by atoms with Crippen LogP contribution in [-0.4, -0.2) is 27.5 Å². The Morgan fingerprint density at radius 1 is 1.24 bits per heavy atom. The lowest BCUT2D eigenvalue weighted by Gasteiger charge is -2.12. The Labute approximate surface area is 146 Å². The molecular formula is C17H13F2N3O2S. The number of aliphatic hydroxyl groups excluding tert-OH is 1. The van der Waals surface area contributed by atoms with E-state index in [1.807, 2.05) is 6.07 Å². The van der Waals surface area contributed by atoms with Crippen LogP contribution in [0.15, 0.2) is 48.0 Å². The predicted molar refractivity (Wildman–Crippen MR) is 89.0 cm³/mol. The monoisotopic (exact) mass is 361 g/mol. The normalized spacial score (nSPS) is 12.0. The number of benzene rings is 1. The fourth-order valence-corrected chi connectivity index (χ4v) is 2.88. The van der Waals surface area contributed by atoms with Gasteiger partial charge in [0.1, 0.15) is 10.7 Å². The molecule has 0 radical (unpaired) electrons. The van der Waals surface area contributed by atoms with E-state index in [1.165, 1.54) is 17.4 Å². The first-order valence-corrected chi connectivity index (χ1v) is 8.20. The van der Waals surface area contributed by atoms with Gasteiger partial charge < -0.3 is 10.4 Å². The standard InChI is InChI=1S/C17H13F2N3O2S/c18-11-5-4-10(7-12(11)19)15(23)8-21-16(24)14-9-25-17(22-14)13-3-1-2-6-20-13/h1-7,9,15,23H,8H2,(H,21,24)/t15-/m0/s1. The van der Waals surface area contributed by atoms with Gasteiger partial charge in [0.05, 0.1) is 11.8 Å². The minimum atomic E-state index is -1.16. The SMILES string of the molecule is O=C(NC[C@H](O)c1ccc(F)c(F)c1)c1csc(-c2ccccn2)n1. The van der Waals surface area contributed by atoms with Crippen molar-refractivity contribution in [2.24, 2.45) is 0 Å². The molecule has 0 aliphatic carbocycles. The zero-order valence-electron chi connectivity index (χ0n) is 12.8. The third-order valence-electron chi connectivity index (χ3n) is 3.41. The van der Waals surface area contributed by atoms with Gasteiger partial charge >= 0.3 is 0 Å². The van der Waals surface area contributed by atoms with E-state index in [0.29, 0.717) is 10.7 Å². The number of hydrogen-bond donors (Lipinski definition) is 2. The van der Waals surface area contributed by atoms with Crippen LogP contribution >= 0.6 is 11.3 Å². The van der Waals surface area contributed by atoms with Crippen molar-refractivity contribution in [2.45, 2.75) is 6.10 Å². The molecule has 0 aliphatic heterocycles. The van der Waals surface area contributed by atoms with Crippen molar-refractivity contribution in [1.82, 2.24) is 15.3 Å². The van der Waals surface area contributed by atoms with Gasteiger partial charge in [-0.25, -0.2) is 13.8 Å². The summed E-state index contributed by atoms with van der Waals surface area (Å²) < 4.78 is 26.1. The van der Waals surface area contributed by atoms with Crippen molar-refractivity contribution in [3.8, 4) is 10.7 Å². The third kappa shape index (κ3) is 4.04. The average Bonchev–Trinajstić information content (AvgIpc) is 3.12. The van der Waals surface area contributed by atoms with Crippen molar-refractivity contribution in [3.63, 3.8) is 0 Å². The summed E-state index contributed by atoms with van der Waals surface area (Å²) in [7, 11) is 0. The maximum absolute atomic E-state index is 13.2. The number of thiazole rings is 1. The Bertz CT molecular complexity index is 887. The second-order valence-electron chi connectivity index (χ2n) is 5.15. The van der Waals surface area contributed by atoms with E-state index in [1.54, 1.807) is 23.7 Å². The van der Waals surface area contributed by atoms with Crippen molar-refractivity contribution < 1.29 is 18.7 Å². The van der Waals surface area contributed by atoms with Gasteiger partial charge in [-0.15, -0.1) is 11.3 Å². The molecule has 0 unspecified atom stereocenters. The summed E-state index contributed by atoms with van der Waals surface area (Å²) in [5, 5.41) is 14.7. The number of carbonyl (C=O) groups excluding carboxylic acids is 1. The number of aromatic nitrogens is 2. The van der Waals surface area contributed by atoms with Crippen LogP contribution in [0.1, 0.15) is 22.2 Å². The lowest BCUT2D eigenvalue weighted by molar-refractivity contribution is 0.0912. The highest BCUT2D eigenvalue weighted by Gasteiger charge is 2.15. The van der Waals surface area contributed by atoms with Gasteiger partial charge in [0, 0.05) is 18.1 Å². The second-order valence-corrected chi connectivity index (χ2v) is 6.01. The van der Waals surface area contributed by atoms with Gasteiger partial charge in [-0.2, -0.15) is 0 Å². The van der Waals surface area contributed by atoms with Gasteiger partial charge in [-0.1, -0.05) is 12.1 Å². The summed E-state index contributed by atoms with van der Waals surface area (Å²) in [4.78, 5) is 20.5. The van der Waals surface area contributed by atoms with E-state index in [9.17, 15) is 18.7 Å². The first kappa shape index (κ1) is 17.1. The zero-order valence-corrected chi connectivity index (χ0v) is 13.6. The lowest BCUT2D eigenvalue weighted by atomic mass is 10.1. The predicted octanol–water partition coefficient (Wildman–Crippen LogP) is 2.95. The average molecular weight is 361 g/mol. The van der Waals surface area contributed by atoms with Crippen LogP contribution in [-0.2, 0) is 0 Å². The molecule has 3 aromatic rings. The highest BCUT2D eigenvalue weighted by atomic mass is 32.1. The smallest absolute Gasteiger partial charge is 0.270 e. The van der Waals surface area contributed by atoms with Gasteiger partial charge in [0.15, 0.2) is 11.6 Å². The molecule has 2 heterocycles. The summed E-state index contributed by atoms with van der Waals surface area (Å²) in [6.45, 7) is -0.152. The van der Waals surface area contributed by atoms with Crippen LogP contribution in [0, 0.1) is 11.6 Å². The van der Waals surface area contributed by atoms with Crippen LogP contribution in [0.4, 0.5) is 8.78 Å². The number of halogens is 2. The Kier molecular flexibility index (Phi) is 5.11. The second kappa shape index (κ2) is 7.45. The van der Waals surface area contributed by atoms with E-state index in [0.717, 1.165) is 12.1 Å². The van der Waals surface area contributed by atoms with Crippen LogP contribution in [0.2, 0.25) is 0 Å². The number of aliphatic hydroxyl groups is 1. The highest BCUT2D eigenvalue weighted by molar-refractivity contribution is 7.13. The molecule has 0 spiro atoms.